The lowest BCUT2D eigenvalue weighted by molar-refractivity contribution is -0.137. The minimum absolute atomic E-state index is 0.0581. The van der Waals surface area contributed by atoms with E-state index in [4.69, 9.17) is 5.11 Å². The summed E-state index contributed by atoms with van der Waals surface area (Å²) in [7, 11) is 1.74. The lowest BCUT2D eigenvalue weighted by atomic mass is 10.4. The van der Waals surface area contributed by atoms with Crippen LogP contribution in [0.15, 0.2) is 12.4 Å². The summed E-state index contributed by atoms with van der Waals surface area (Å²) < 4.78 is 1.56. The van der Waals surface area contributed by atoms with Crippen LogP contribution in [0, 0.1) is 0 Å². The molecule has 0 unspecified atom stereocenters. The second-order valence-corrected chi connectivity index (χ2v) is 4.09. The van der Waals surface area contributed by atoms with E-state index in [1.165, 1.54) is 11.1 Å². The van der Waals surface area contributed by atoms with E-state index in [0.29, 0.717) is 5.69 Å². The molecule has 92 valence electrons. The molecule has 2 N–H and O–H groups in total. The highest BCUT2D eigenvalue weighted by Crippen LogP contribution is 2.27. The van der Waals surface area contributed by atoms with Crippen LogP contribution in [-0.2, 0) is 11.8 Å². The van der Waals surface area contributed by atoms with Crippen LogP contribution in [-0.4, -0.2) is 44.4 Å². The van der Waals surface area contributed by atoms with Gasteiger partial charge in [-0.2, -0.15) is 5.10 Å². The van der Waals surface area contributed by atoms with Crippen molar-refractivity contribution in [2.75, 3.05) is 11.9 Å². The Labute approximate surface area is 98.0 Å². The fourth-order valence-electron chi connectivity index (χ4n) is 1.58. The number of aryl methyl sites for hydroxylation is 1. The third-order valence-corrected chi connectivity index (χ3v) is 2.51. The van der Waals surface area contributed by atoms with Crippen molar-refractivity contribution in [2.45, 2.75) is 18.9 Å². The Morgan fingerprint density at radius 3 is 2.82 bits per heavy atom. The Hall–Kier alpha value is -2.05. The molecule has 0 bridgehead atoms. The fourth-order valence-corrected chi connectivity index (χ4v) is 1.58. The van der Waals surface area contributed by atoms with Crippen LogP contribution in [0.5, 0.6) is 0 Å². The molecule has 2 amide bonds. The largest absolute Gasteiger partial charge is 0.480 e. The Bertz CT molecular complexity index is 439. The number of carboxylic acids is 1. The smallest absolute Gasteiger partial charge is 0.323 e. The lowest BCUT2D eigenvalue weighted by Gasteiger charge is -2.19. The third-order valence-electron chi connectivity index (χ3n) is 2.51. The number of carboxylic acid groups (broad SMARTS) is 1. The predicted octanol–water partition coefficient (Wildman–Crippen LogP) is 0.501. The van der Waals surface area contributed by atoms with E-state index in [1.807, 2.05) is 0 Å². The SMILES string of the molecule is Cn1cc(NC(=O)N(CC(=O)O)C2CC2)cn1. The van der Waals surface area contributed by atoms with Crippen molar-refractivity contribution in [1.82, 2.24) is 14.7 Å². The summed E-state index contributed by atoms with van der Waals surface area (Å²) in [6, 6.07) is -0.328. The first-order valence-corrected chi connectivity index (χ1v) is 5.34. The molecule has 0 saturated heterocycles. The topological polar surface area (TPSA) is 87.5 Å². The Morgan fingerprint density at radius 2 is 2.35 bits per heavy atom. The predicted molar refractivity (Wildman–Crippen MR) is 59.6 cm³/mol. The molecule has 7 heteroatoms. The van der Waals surface area contributed by atoms with Crippen LogP contribution in [0.3, 0.4) is 0 Å². The van der Waals surface area contributed by atoms with Crippen LogP contribution in [0.4, 0.5) is 10.5 Å². The van der Waals surface area contributed by atoms with Gasteiger partial charge in [-0.3, -0.25) is 9.48 Å². The number of hydrogen-bond donors (Lipinski definition) is 2. The molecule has 17 heavy (non-hydrogen) atoms. The van der Waals surface area contributed by atoms with Gasteiger partial charge in [0.2, 0.25) is 0 Å². The average Bonchev–Trinajstić information content (AvgIpc) is 3.00. The van der Waals surface area contributed by atoms with Crippen molar-refractivity contribution in [3.05, 3.63) is 12.4 Å². The summed E-state index contributed by atoms with van der Waals surface area (Å²) in [4.78, 5) is 23.9. The van der Waals surface area contributed by atoms with Crippen LogP contribution in [0.25, 0.3) is 0 Å². The first-order chi connectivity index (χ1) is 8.06. The first-order valence-electron chi connectivity index (χ1n) is 5.34. The van der Waals surface area contributed by atoms with Crippen LogP contribution < -0.4 is 5.32 Å². The highest BCUT2D eigenvalue weighted by Gasteiger charge is 2.33. The van der Waals surface area contributed by atoms with E-state index in [1.54, 1.807) is 17.9 Å². The van der Waals surface area contributed by atoms with E-state index in [9.17, 15) is 9.59 Å². The molecule has 0 radical (unpaired) electrons. The van der Waals surface area contributed by atoms with E-state index in [0.717, 1.165) is 12.8 Å². The number of carbonyl (C=O) groups is 2. The van der Waals surface area contributed by atoms with Crippen LogP contribution in [0.1, 0.15) is 12.8 Å². The molecule has 7 nitrogen and oxygen atoms in total. The number of amides is 2. The molecule has 1 aromatic heterocycles. The summed E-state index contributed by atoms with van der Waals surface area (Å²) in [5.41, 5.74) is 0.563. The van der Waals surface area contributed by atoms with Gasteiger partial charge in [0.05, 0.1) is 11.9 Å². The highest BCUT2D eigenvalue weighted by molar-refractivity contribution is 5.91. The van der Waals surface area contributed by atoms with E-state index < -0.39 is 5.97 Å². The number of rotatable bonds is 4. The van der Waals surface area contributed by atoms with Crippen molar-refractivity contribution < 1.29 is 14.7 Å². The summed E-state index contributed by atoms with van der Waals surface area (Å²) in [6.45, 7) is -0.267. The minimum atomic E-state index is -1.00. The fraction of sp³-hybridized carbons (Fsp3) is 0.500. The Balaban J connectivity index is 1.98. The van der Waals surface area contributed by atoms with Gasteiger partial charge in [-0.05, 0) is 12.8 Å². The monoisotopic (exact) mass is 238 g/mol. The number of hydrogen-bond acceptors (Lipinski definition) is 3. The van der Waals surface area contributed by atoms with Gasteiger partial charge in [-0.15, -0.1) is 0 Å². The quantitative estimate of drug-likeness (QED) is 0.799. The Morgan fingerprint density at radius 1 is 1.65 bits per heavy atom. The maximum absolute atomic E-state index is 11.9. The molecule has 1 fully saturated rings. The normalized spacial score (nSPS) is 14.4. The van der Waals surface area contributed by atoms with Gasteiger partial charge >= 0.3 is 12.0 Å². The summed E-state index contributed by atoms with van der Waals surface area (Å²) in [6.07, 6.45) is 4.91. The molecule has 1 saturated carbocycles. The van der Waals surface area contributed by atoms with Crippen molar-refractivity contribution in [2.24, 2.45) is 7.05 Å². The van der Waals surface area contributed by atoms with Gasteiger partial charge in [0.25, 0.3) is 0 Å². The molecule has 1 aliphatic rings. The summed E-state index contributed by atoms with van der Waals surface area (Å²) >= 11 is 0. The van der Waals surface area contributed by atoms with Crippen molar-refractivity contribution in [3.63, 3.8) is 0 Å². The van der Waals surface area contributed by atoms with Crippen molar-refractivity contribution in [3.8, 4) is 0 Å². The molecule has 0 aliphatic heterocycles. The Kier molecular flexibility index (Phi) is 2.99. The summed E-state index contributed by atoms with van der Waals surface area (Å²) in [5, 5.41) is 15.3. The molecule has 1 heterocycles. The van der Waals surface area contributed by atoms with E-state index in [-0.39, 0.29) is 18.6 Å². The van der Waals surface area contributed by atoms with E-state index in [2.05, 4.69) is 10.4 Å². The van der Waals surface area contributed by atoms with Gasteiger partial charge in [-0.25, -0.2) is 4.79 Å². The van der Waals surface area contributed by atoms with Gasteiger partial charge < -0.3 is 15.3 Å². The summed E-state index contributed by atoms with van der Waals surface area (Å²) in [5.74, 6) is -1.00. The lowest BCUT2D eigenvalue weighted by Crippen LogP contribution is -2.40. The first kappa shape index (κ1) is 11.4. The van der Waals surface area contributed by atoms with Gasteiger partial charge in [-0.1, -0.05) is 0 Å². The molecule has 0 spiro atoms. The zero-order chi connectivity index (χ0) is 12.4. The second kappa shape index (κ2) is 4.44. The van der Waals surface area contributed by atoms with E-state index >= 15 is 0 Å². The second-order valence-electron chi connectivity index (χ2n) is 4.09. The highest BCUT2D eigenvalue weighted by atomic mass is 16.4. The van der Waals surface area contributed by atoms with Gasteiger partial charge in [0.1, 0.15) is 6.54 Å². The van der Waals surface area contributed by atoms with Crippen LogP contribution >= 0.6 is 0 Å². The number of carbonyl (C=O) groups excluding carboxylic acids is 1. The zero-order valence-electron chi connectivity index (χ0n) is 9.46. The number of aliphatic carboxylic acids is 1. The third kappa shape index (κ3) is 2.96. The number of nitrogens with one attached hydrogen (secondary N) is 1. The molecule has 1 aromatic rings. The maximum atomic E-state index is 11.9. The number of urea groups is 1. The number of aromatic nitrogens is 2. The van der Waals surface area contributed by atoms with Gasteiger partial charge in [0, 0.05) is 19.3 Å². The average molecular weight is 238 g/mol. The maximum Gasteiger partial charge on any atom is 0.323 e. The van der Waals surface area contributed by atoms with Crippen LogP contribution in [0.2, 0.25) is 0 Å². The molecular weight excluding hydrogens is 224 g/mol. The molecular formula is C10H14N4O3. The number of anilines is 1. The van der Waals surface area contributed by atoms with Gasteiger partial charge in [0.15, 0.2) is 0 Å². The standard InChI is InChI=1S/C10H14N4O3/c1-13-5-7(4-11-13)12-10(17)14(6-9(15)16)8-2-3-8/h4-5,8H,2-3,6H2,1H3,(H,12,17)(H,15,16). The van der Waals surface area contributed by atoms with Crippen molar-refractivity contribution in [1.29, 1.82) is 0 Å². The zero-order valence-corrected chi connectivity index (χ0v) is 9.46. The molecule has 2 rings (SSSR count). The molecule has 0 aromatic carbocycles. The molecule has 1 aliphatic carbocycles. The minimum Gasteiger partial charge on any atom is -0.480 e. The number of nitrogens with zero attached hydrogens (tertiary/aromatic N) is 3. The van der Waals surface area contributed by atoms with Crippen molar-refractivity contribution >= 4 is 17.7 Å². The molecule has 0 atom stereocenters.